The van der Waals surface area contributed by atoms with Gasteiger partial charge in [-0.2, -0.15) is 0 Å². The quantitative estimate of drug-likeness (QED) is 0.147. The minimum absolute atomic E-state index is 0.154. The predicted molar refractivity (Wildman–Crippen MR) is 295 cm³/mol. The van der Waals surface area contributed by atoms with Crippen LogP contribution in [0.4, 0.5) is 17.1 Å². The first kappa shape index (κ1) is 41.5. The standard InChI is InChI=1S/C69H57N/c1-68(2)64-17-9-7-16-61(64)62-33-32-59(41-65(62)68)70(66-18-10-8-15-60(66)56-25-23-48-11-3-5-13-53(48)38-56)67-34-29-55(40-63(67)57-26-24-49-12-4-6-14-54(49)39-57)52-21-19-50(20-22-52)51-27-30-58(31-28-51)69-42-45-35-46(43-69)37-47(36-45)44-69/h3-34,38-41,45-47H,35-37,42-44H2,1-2H3. The summed E-state index contributed by atoms with van der Waals surface area (Å²) < 4.78 is 0. The van der Waals surface area contributed by atoms with Crippen LogP contribution in [0.5, 0.6) is 0 Å². The zero-order valence-corrected chi connectivity index (χ0v) is 40.2. The number of benzene rings is 10. The van der Waals surface area contributed by atoms with E-state index in [0.29, 0.717) is 5.41 Å². The highest BCUT2D eigenvalue weighted by Crippen LogP contribution is 2.61. The van der Waals surface area contributed by atoms with Crippen LogP contribution in [0.2, 0.25) is 0 Å². The lowest BCUT2D eigenvalue weighted by atomic mass is 9.48. The zero-order valence-electron chi connectivity index (χ0n) is 40.2. The van der Waals surface area contributed by atoms with Crippen LogP contribution >= 0.6 is 0 Å². The van der Waals surface area contributed by atoms with E-state index in [9.17, 15) is 0 Å². The van der Waals surface area contributed by atoms with Gasteiger partial charge in [0, 0.05) is 22.2 Å². The van der Waals surface area contributed by atoms with E-state index in [-0.39, 0.29) is 5.41 Å². The van der Waals surface area contributed by atoms with Gasteiger partial charge in [-0.1, -0.05) is 190 Å². The van der Waals surface area contributed by atoms with Crippen LogP contribution in [0.3, 0.4) is 0 Å². The minimum atomic E-state index is -0.154. The van der Waals surface area contributed by atoms with Crippen LogP contribution < -0.4 is 4.90 Å². The first-order valence-corrected chi connectivity index (χ1v) is 25.8. The second kappa shape index (κ2) is 16.0. The Balaban J connectivity index is 0.906. The summed E-state index contributed by atoms with van der Waals surface area (Å²) in [5.41, 5.74) is 20.4. The molecule has 1 nitrogen and oxygen atoms in total. The molecule has 0 aliphatic heterocycles. The number of hydrogen-bond acceptors (Lipinski definition) is 1. The summed E-state index contributed by atoms with van der Waals surface area (Å²) in [5.74, 6) is 2.86. The first-order chi connectivity index (χ1) is 34.3. The maximum absolute atomic E-state index is 2.54. The Morgan fingerprint density at radius 2 is 0.814 bits per heavy atom. The van der Waals surface area contributed by atoms with Gasteiger partial charge in [0.1, 0.15) is 0 Å². The van der Waals surface area contributed by atoms with Gasteiger partial charge in [0.15, 0.2) is 0 Å². The third kappa shape index (κ3) is 6.80. The monoisotopic (exact) mass is 899 g/mol. The Labute approximate surface area is 413 Å². The molecule has 15 rings (SSSR count). The van der Waals surface area contributed by atoms with Gasteiger partial charge in [0.2, 0.25) is 0 Å². The van der Waals surface area contributed by atoms with Crippen molar-refractivity contribution in [3.05, 3.63) is 235 Å². The molecule has 10 aromatic rings. The molecule has 0 radical (unpaired) electrons. The number of anilines is 3. The predicted octanol–water partition coefficient (Wildman–Crippen LogP) is 18.9. The molecule has 0 amide bonds. The Morgan fingerprint density at radius 3 is 1.46 bits per heavy atom. The maximum atomic E-state index is 2.54. The van der Waals surface area contributed by atoms with Crippen molar-refractivity contribution in [2.45, 2.75) is 63.2 Å². The minimum Gasteiger partial charge on any atom is -0.309 e. The van der Waals surface area contributed by atoms with Crippen molar-refractivity contribution in [3.8, 4) is 55.6 Å². The van der Waals surface area contributed by atoms with Crippen LogP contribution in [0.25, 0.3) is 77.2 Å². The third-order valence-corrected chi connectivity index (χ3v) is 17.4. The van der Waals surface area contributed by atoms with Gasteiger partial charge >= 0.3 is 0 Å². The van der Waals surface area contributed by atoms with Crippen LogP contribution in [0.15, 0.2) is 218 Å². The highest BCUT2D eigenvalue weighted by Gasteiger charge is 2.51. The summed E-state index contributed by atoms with van der Waals surface area (Å²) in [5, 5.41) is 4.95. The summed E-state index contributed by atoms with van der Waals surface area (Å²) in [6.07, 6.45) is 8.66. The molecule has 5 aliphatic rings. The second-order valence-corrected chi connectivity index (χ2v) is 22.0. The van der Waals surface area contributed by atoms with E-state index in [4.69, 9.17) is 0 Å². The number of nitrogens with zero attached hydrogens (tertiary/aromatic N) is 1. The molecule has 5 aliphatic carbocycles. The fourth-order valence-corrected chi connectivity index (χ4v) is 14.3. The smallest absolute Gasteiger partial charge is 0.0540 e. The lowest BCUT2D eigenvalue weighted by Crippen LogP contribution is -2.48. The molecular weight excluding hydrogens is 843 g/mol. The molecule has 0 aromatic heterocycles. The van der Waals surface area contributed by atoms with E-state index in [0.717, 1.165) is 34.8 Å². The van der Waals surface area contributed by atoms with Crippen molar-refractivity contribution in [1.29, 1.82) is 0 Å². The highest BCUT2D eigenvalue weighted by molar-refractivity contribution is 5.99. The second-order valence-electron chi connectivity index (χ2n) is 22.0. The van der Waals surface area contributed by atoms with Crippen molar-refractivity contribution >= 4 is 38.6 Å². The molecule has 338 valence electrons. The molecule has 0 N–H and O–H groups in total. The van der Waals surface area contributed by atoms with E-state index in [1.54, 1.807) is 5.56 Å². The third-order valence-electron chi connectivity index (χ3n) is 17.4. The first-order valence-electron chi connectivity index (χ1n) is 25.8. The van der Waals surface area contributed by atoms with Crippen LogP contribution in [-0.2, 0) is 10.8 Å². The summed E-state index contributed by atoms with van der Waals surface area (Å²) >= 11 is 0. The molecular formula is C69H57N. The van der Waals surface area contributed by atoms with Crippen LogP contribution in [0, 0.1) is 17.8 Å². The molecule has 0 unspecified atom stereocenters. The van der Waals surface area contributed by atoms with Crippen molar-refractivity contribution in [2.75, 3.05) is 4.90 Å². The van der Waals surface area contributed by atoms with E-state index < -0.39 is 0 Å². The van der Waals surface area contributed by atoms with Crippen molar-refractivity contribution in [3.63, 3.8) is 0 Å². The molecule has 0 heterocycles. The topological polar surface area (TPSA) is 3.24 Å². The lowest BCUT2D eigenvalue weighted by molar-refractivity contribution is -0.00518. The molecule has 4 fully saturated rings. The molecule has 10 aromatic carbocycles. The highest BCUT2D eigenvalue weighted by atomic mass is 15.1. The zero-order chi connectivity index (χ0) is 46.6. The summed E-state index contributed by atoms with van der Waals surface area (Å²) in [7, 11) is 0. The summed E-state index contributed by atoms with van der Waals surface area (Å²) in [6.45, 7) is 4.77. The van der Waals surface area contributed by atoms with E-state index in [2.05, 4.69) is 237 Å². The molecule has 0 saturated heterocycles. The molecule has 0 spiro atoms. The molecule has 4 saturated carbocycles. The fraction of sp³-hybridized carbons (Fsp3) is 0.188. The molecule has 1 heteroatoms. The van der Waals surface area contributed by atoms with Crippen molar-refractivity contribution < 1.29 is 0 Å². The SMILES string of the molecule is CC1(C)c2ccccc2-c2ccc(N(c3ccccc3-c3ccc4ccccc4c3)c3ccc(-c4ccc(-c5ccc(C67CC8CC(CC(C8)C6)C7)cc5)cc4)cc3-c3ccc4ccccc4c3)cc21. The summed E-state index contributed by atoms with van der Waals surface area (Å²) in [6, 6.07) is 82.7. The van der Waals surface area contributed by atoms with E-state index in [1.165, 1.54) is 127 Å². The number of para-hydroxylation sites is 1. The largest absolute Gasteiger partial charge is 0.309 e. The number of rotatable bonds is 8. The molecule has 70 heavy (non-hydrogen) atoms. The van der Waals surface area contributed by atoms with E-state index >= 15 is 0 Å². The average Bonchev–Trinajstić information content (AvgIpc) is 3.63. The Hall–Kier alpha value is -7.48. The lowest BCUT2D eigenvalue weighted by Gasteiger charge is -2.57. The van der Waals surface area contributed by atoms with Gasteiger partial charge in [-0.05, 0) is 187 Å². The van der Waals surface area contributed by atoms with Gasteiger partial charge in [0.05, 0.1) is 11.4 Å². The molecule has 0 atom stereocenters. The number of fused-ring (bicyclic) bond motifs is 5. The fourth-order valence-electron chi connectivity index (χ4n) is 14.3. The average molecular weight is 900 g/mol. The van der Waals surface area contributed by atoms with Gasteiger partial charge in [0.25, 0.3) is 0 Å². The van der Waals surface area contributed by atoms with Crippen molar-refractivity contribution in [2.24, 2.45) is 17.8 Å². The van der Waals surface area contributed by atoms with Gasteiger partial charge in [-0.25, -0.2) is 0 Å². The Morgan fingerprint density at radius 1 is 0.343 bits per heavy atom. The van der Waals surface area contributed by atoms with Gasteiger partial charge < -0.3 is 4.90 Å². The Bertz CT molecular complexity index is 3630. The Kier molecular flexibility index (Phi) is 9.51. The van der Waals surface area contributed by atoms with Crippen LogP contribution in [-0.4, -0.2) is 0 Å². The van der Waals surface area contributed by atoms with Gasteiger partial charge in [-0.15, -0.1) is 0 Å². The van der Waals surface area contributed by atoms with Gasteiger partial charge in [-0.3, -0.25) is 0 Å². The van der Waals surface area contributed by atoms with E-state index in [1.807, 2.05) is 0 Å². The normalized spacial score (nSPS) is 20.4. The van der Waals surface area contributed by atoms with Crippen molar-refractivity contribution in [1.82, 2.24) is 0 Å². The van der Waals surface area contributed by atoms with Crippen LogP contribution in [0.1, 0.15) is 69.1 Å². The maximum Gasteiger partial charge on any atom is 0.0540 e. The number of hydrogen-bond donors (Lipinski definition) is 0. The molecule has 4 bridgehead atoms. The summed E-state index contributed by atoms with van der Waals surface area (Å²) in [4.78, 5) is 2.54.